The molecule has 0 unspecified atom stereocenters. The van der Waals surface area contributed by atoms with Crippen LogP contribution in [0.2, 0.25) is 0 Å². The first-order valence-corrected chi connectivity index (χ1v) is 7.16. The van der Waals surface area contributed by atoms with Crippen LogP contribution in [0.1, 0.15) is 5.56 Å². The van der Waals surface area contributed by atoms with E-state index in [0.29, 0.717) is 0 Å². The molecule has 0 saturated carbocycles. The van der Waals surface area contributed by atoms with Crippen molar-refractivity contribution in [2.24, 2.45) is 0 Å². The molecule has 0 aromatic heterocycles. The zero-order valence-electron chi connectivity index (χ0n) is 12.5. The van der Waals surface area contributed by atoms with Gasteiger partial charge in [0, 0.05) is 32.4 Å². The zero-order valence-corrected chi connectivity index (χ0v) is 12.5. The highest BCUT2D eigenvalue weighted by Gasteiger charge is 2.20. The van der Waals surface area contributed by atoms with Crippen LogP contribution in [0.4, 0.5) is 17.1 Å². The Labute approximate surface area is 125 Å². The van der Waals surface area contributed by atoms with Crippen LogP contribution in [0.15, 0.2) is 42.5 Å². The minimum absolute atomic E-state index is 0.799. The number of benzene rings is 2. The van der Waals surface area contributed by atoms with E-state index < -0.39 is 0 Å². The predicted molar refractivity (Wildman–Crippen MR) is 88.2 cm³/mol. The number of nitrogens with zero attached hydrogens (tertiary/aromatic N) is 2. The second-order valence-electron chi connectivity index (χ2n) is 5.40. The van der Waals surface area contributed by atoms with Crippen molar-refractivity contribution in [2.75, 3.05) is 42.8 Å². The Kier molecular flexibility index (Phi) is 3.60. The summed E-state index contributed by atoms with van der Waals surface area (Å²) in [6.45, 7) is 2.80. The number of anilines is 3. The minimum Gasteiger partial charge on any atom is -0.497 e. The maximum Gasteiger partial charge on any atom is 0.119 e. The predicted octanol–water partition coefficient (Wildman–Crippen LogP) is 2.73. The normalized spacial score (nSPS) is 14.0. The van der Waals surface area contributed by atoms with E-state index in [0.717, 1.165) is 36.6 Å². The van der Waals surface area contributed by atoms with Gasteiger partial charge in [0.05, 0.1) is 18.5 Å². The summed E-state index contributed by atoms with van der Waals surface area (Å²) < 4.78 is 5.30. The molecule has 0 radical (unpaired) electrons. The molecule has 2 aromatic rings. The monoisotopic (exact) mass is 283 g/mol. The van der Waals surface area contributed by atoms with Crippen LogP contribution in [0, 0.1) is 0 Å². The molecule has 0 atom stereocenters. The summed E-state index contributed by atoms with van der Waals surface area (Å²) in [5.74, 6) is 0.849. The summed E-state index contributed by atoms with van der Waals surface area (Å²) in [5.41, 5.74) is 10.6. The fourth-order valence-electron chi connectivity index (χ4n) is 2.78. The number of methoxy groups -OCH3 is 1. The van der Waals surface area contributed by atoms with Gasteiger partial charge in [0.15, 0.2) is 0 Å². The van der Waals surface area contributed by atoms with Crippen molar-refractivity contribution in [3.8, 4) is 5.75 Å². The minimum atomic E-state index is 0.799. The van der Waals surface area contributed by atoms with Crippen molar-refractivity contribution in [3.63, 3.8) is 0 Å². The molecule has 2 aromatic carbocycles. The smallest absolute Gasteiger partial charge is 0.119 e. The molecule has 0 amide bonds. The molecule has 21 heavy (non-hydrogen) atoms. The number of fused-ring (bicyclic) bond motifs is 1. The summed E-state index contributed by atoms with van der Waals surface area (Å²) in [6.07, 6.45) is 0. The van der Waals surface area contributed by atoms with E-state index in [-0.39, 0.29) is 0 Å². The maximum atomic E-state index is 6.12. The highest BCUT2D eigenvalue weighted by Crippen LogP contribution is 2.33. The van der Waals surface area contributed by atoms with Crippen molar-refractivity contribution in [1.29, 1.82) is 0 Å². The van der Waals surface area contributed by atoms with Crippen LogP contribution in [0.25, 0.3) is 0 Å². The Balaban J connectivity index is 1.91. The molecule has 0 fully saturated rings. The maximum absolute atomic E-state index is 6.12. The molecular weight excluding hydrogens is 262 g/mol. The quantitative estimate of drug-likeness (QED) is 0.880. The Morgan fingerprint density at radius 3 is 2.62 bits per heavy atom. The van der Waals surface area contributed by atoms with Gasteiger partial charge in [0.2, 0.25) is 0 Å². The van der Waals surface area contributed by atoms with Crippen LogP contribution in [0.5, 0.6) is 5.75 Å². The number of likely N-dealkylation sites (N-methyl/N-ethyl adjacent to an activating group) is 1. The Bertz CT molecular complexity index is 642. The van der Waals surface area contributed by atoms with E-state index in [1.807, 2.05) is 18.2 Å². The molecule has 0 aliphatic carbocycles. The highest BCUT2D eigenvalue weighted by molar-refractivity contribution is 5.73. The van der Waals surface area contributed by atoms with Gasteiger partial charge in [-0.1, -0.05) is 12.1 Å². The molecule has 1 heterocycles. The lowest BCUT2D eigenvalue weighted by molar-refractivity contribution is 0.414. The summed E-state index contributed by atoms with van der Waals surface area (Å²) in [5, 5.41) is 0. The van der Waals surface area contributed by atoms with Gasteiger partial charge in [-0.3, -0.25) is 0 Å². The van der Waals surface area contributed by atoms with Crippen molar-refractivity contribution in [3.05, 3.63) is 48.0 Å². The molecular formula is C17H21N3O. The van der Waals surface area contributed by atoms with Gasteiger partial charge in [-0.15, -0.1) is 0 Å². The van der Waals surface area contributed by atoms with Crippen LogP contribution in [0.3, 0.4) is 0 Å². The van der Waals surface area contributed by atoms with Crippen LogP contribution >= 0.6 is 0 Å². The molecule has 1 aliphatic rings. The van der Waals surface area contributed by atoms with Crippen molar-refractivity contribution < 1.29 is 4.74 Å². The molecule has 2 N–H and O–H groups in total. The largest absolute Gasteiger partial charge is 0.497 e. The second kappa shape index (κ2) is 5.56. The number of para-hydroxylation sites is 2. The van der Waals surface area contributed by atoms with Gasteiger partial charge in [-0.05, 0) is 35.9 Å². The molecule has 110 valence electrons. The Hall–Kier alpha value is -2.36. The van der Waals surface area contributed by atoms with Gasteiger partial charge in [-0.2, -0.15) is 0 Å². The standard InChI is InChI=1S/C17H21N3O/c1-19-9-10-20(17-6-4-3-5-16(17)19)12-13-11-14(21-2)7-8-15(13)18/h3-8,11H,9-10,12,18H2,1-2H3. The lowest BCUT2D eigenvalue weighted by atomic mass is 10.1. The highest BCUT2D eigenvalue weighted by atomic mass is 16.5. The number of nitrogens with two attached hydrogens (primary N) is 1. The van der Waals surface area contributed by atoms with E-state index in [9.17, 15) is 0 Å². The number of rotatable bonds is 3. The van der Waals surface area contributed by atoms with Crippen molar-refractivity contribution in [1.82, 2.24) is 0 Å². The average Bonchev–Trinajstić information content (AvgIpc) is 2.52. The van der Waals surface area contributed by atoms with Gasteiger partial charge in [0.25, 0.3) is 0 Å². The number of ether oxygens (including phenoxy) is 1. The first-order chi connectivity index (χ1) is 10.2. The van der Waals surface area contributed by atoms with E-state index in [1.54, 1.807) is 7.11 Å². The Morgan fingerprint density at radius 2 is 1.86 bits per heavy atom. The number of nitrogen functional groups attached to an aromatic ring is 1. The lowest BCUT2D eigenvalue weighted by Gasteiger charge is -2.37. The fraction of sp³-hybridized carbons (Fsp3) is 0.294. The molecule has 0 saturated heterocycles. The van der Waals surface area contributed by atoms with Gasteiger partial charge in [-0.25, -0.2) is 0 Å². The summed E-state index contributed by atoms with van der Waals surface area (Å²) in [4.78, 5) is 4.67. The van der Waals surface area contributed by atoms with E-state index in [1.165, 1.54) is 11.4 Å². The summed E-state index contributed by atoms with van der Waals surface area (Å²) in [7, 11) is 3.82. The Morgan fingerprint density at radius 1 is 1.10 bits per heavy atom. The van der Waals surface area contributed by atoms with Crippen molar-refractivity contribution >= 4 is 17.1 Å². The number of hydrogen-bond acceptors (Lipinski definition) is 4. The fourth-order valence-corrected chi connectivity index (χ4v) is 2.78. The average molecular weight is 283 g/mol. The van der Waals surface area contributed by atoms with Gasteiger partial charge in [0.1, 0.15) is 5.75 Å². The molecule has 0 spiro atoms. The van der Waals surface area contributed by atoms with Gasteiger partial charge < -0.3 is 20.3 Å². The van der Waals surface area contributed by atoms with Crippen LogP contribution < -0.4 is 20.3 Å². The lowest BCUT2D eigenvalue weighted by Crippen LogP contribution is -2.38. The topological polar surface area (TPSA) is 41.7 Å². The third-order valence-electron chi connectivity index (χ3n) is 4.05. The molecule has 1 aliphatic heterocycles. The van der Waals surface area contributed by atoms with E-state index in [2.05, 4.69) is 41.1 Å². The third-order valence-corrected chi connectivity index (χ3v) is 4.05. The molecule has 4 heteroatoms. The summed E-state index contributed by atoms with van der Waals surface area (Å²) >= 11 is 0. The van der Waals surface area contributed by atoms with E-state index >= 15 is 0 Å². The van der Waals surface area contributed by atoms with Crippen molar-refractivity contribution in [2.45, 2.75) is 6.54 Å². The van der Waals surface area contributed by atoms with Gasteiger partial charge >= 0.3 is 0 Å². The van der Waals surface area contributed by atoms with Crippen LogP contribution in [-0.4, -0.2) is 27.2 Å². The molecule has 4 nitrogen and oxygen atoms in total. The molecule has 3 rings (SSSR count). The third kappa shape index (κ3) is 2.61. The first-order valence-electron chi connectivity index (χ1n) is 7.16. The zero-order chi connectivity index (χ0) is 14.8. The van der Waals surface area contributed by atoms with E-state index in [4.69, 9.17) is 10.5 Å². The SMILES string of the molecule is COc1ccc(N)c(CN2CCN(C)c3ccccc32)c1. The second-order valence-corrected chi connectivity index (χ2v) is 5.40. The summed E-state index contributed by atoms with van der Waals surface area (Å²) in [6, 6.07) is 14.3. The number of hydrogen-bond donors (Lipinski definition) is 1. The van der Waals surface area contributed by atoms with Crippen LogP contribution in [-0.2, 0) is 6.54 Å². The first kappa shape index (κ1) is 13.6. The molecule has 0 bridgehead atoms.